The van der Waals surface area contributed by atoms with E-state index in [0.29, 0.717) is 11.1 Å². The number of carboxylic acid groups (broad SMARTS) is 2. The Morgan fingerprint density at radius 2 is 1.11 bits per heavy atom. The van der Waals surface area contributed by atoms with Crippen molar-refractivity contribution >= 4 is 24.3 Å². The predicted octanol–water partition coefficient (Wildman–Crippen LogP) is 1.10. The molecule has 27 heavy (non-hydrogen) atoms. The molecule has 0 radical (unpaired) electrons. The molecule has 0 heterocycles. The SMILES string of the molecule is Cl.NC(Cc1ccc(O)c(-c2cc(CC(N)C(=O)O)ccc2O)c1)C(=O)O. The van der Waals surface area contributed by atoms with Crippen molar-refractivity contribution in [2.75, 3.05) is 0 Å². The summed E-state index contributed by atoms with van der Waals surface area (Å²) in [5.74, 6) is -2.53. The van der Waals surface area contributed by atoms with Gasteiger partial charge in [0.15, 0.2) is 0 Å². The molecule has 2 unspecified atom stereocenters. The van der Waals surface area contributed by atoms with Gasteiger partial charge in [0, 0.05) is 11.1 Å². The Labute approximate surface area is 161 Å². The summed E-state index contributed by atoms with van der Waals surface area (Å²) in [6, 6.07) is 6.73. The van der Waals surface area contributed by atoms with E-state index < -0.39 is 24.0 Å². The number of rotatable bonds is 7. The van der Waals surface area contributed by atoms with E-state index in [1.165, 1.54) is 24.3 Å². The number of nitrogens with two attached hydrogens (primary N) is 2. The first-order valence-electron chi connectivity index (χ1n) is 7.80. The maximum atomic E-state index is 10.9. The third kappa shape index (κ3) is 5.58. The first kappa shape index (κ1) is 22.2. The van der Waals surface area contributed by atoms with E-state index in [4.69, 9.17) is 21.7 Å². The summed E-state index contributed by atoms with van der Waals surface area (Å²) < 4.78 is 0. The van der Waals surface area contributed by atoms with E-state index in [1.54, 1.807) is 12.1 Å². The highest BCUT2D eigenvalue weighted by atomic mass is 35.5. The number of benzene rings is 2. The molecule has 0 aliphatic carbocycles. The molecule has 2 atom stereocenters. The van der Waals surface area contributed by atoms with Gasteiger partial charge in [-0.25, -0.2) is 0 Å². The summed E-state index contributed by atoms with van der Waals surface area (Å²) in [6.07, 6.45) is 0.0971. The Balaban J connectivity index is 0.00000364. The smallest absolute Gasteiger partial charge is 0.320 e. The van der Waals surface area contributed by atoms with Crippen molar-refractivity contribution in [2.45, 2.75) is 24.9 Å². The molecule has 9 heteroatoms. The second-order valence-electron chi connectivity index (χ2n) is 6.00. The van der Waals surface area contributed by atoms with Crippen LogP contribution in [0.2, 0.25) is 0 Å². The van der Waals surface area contributed by atoms with E-state index in [1.807, 2.05) is 0 Å². The lowest BCUT2D eigenvalue weighted by atomic mass is 9.95. The molecular weight excluding hydrogens is 376 g/mol. The van der Waals surface area contributed by atoms with Crippen LogP contribution in [0.15, 0.2) is 36.4 Å². The molecule has 0 saturated heterocycles. The van der Waals surface area contributed by atoms with Gasteiger partial charge in [-0.05, 0) is 48.2 Å². The van der Waals surface area contributed by atoms with Crippen LogP contribution in [0.4, 0.5) is 0 Å². The number of phenolic OH excluding ortho intramolecular Hbond substituents is 2. The molecule has 0 fully saturated rings. The predicted molar refractivity (Wildman–Crippen MR) is 101 cm³/mol. The largest absolute Gasteiger partial charge is 0.507 e. The van der Waals surface area contributed by atoms with Crippen LogP contribution in [0.25, 0.3) is 11.1 Å². The van der Waals surface area contributed by atoms with Crippen molar-refractivity contribution in [2.24, 2.45) is 11.5 Å². The molecule has 0 aliphatic heterocycles. The highest BCUT2D eigenvalue weighted by molar-refractivity contribution is 5.85. The van der Waals surface area contributed by atoms with Gasteiger partial charge in [-0.3, -0.25) is 9.59 Å². The van der Waals surface area contributed by atoms with Crippen molar-refractivity contribution in [3.8, 4) is 22.6 Å². The lowest BCUT2D eigenvalue weighted by molar-refractivity contribution is -0.139. The van der Waals surface area contributed by atoms with Crippen LogP contribution in [0.1, 0.15) is 11.1 Å². The zero-order chi connectivity index (χ0) is 19.4. The molecule has 0 aliphatic rings. The number of hydrogen-bond acceptors (Lipinski definition) is 6. The lowest BCUT2D eigenvalue weighted by Gasteiger charge is -2.13. The Hall–Kier alpha value is -2.81. The van der Waals surface area contributed by atoms with Gasteiger partial charge in [0.1, 0.15) is 23.6 Å². The highest BCUT2D eigenvalue weighted by Crippen LogP contribution is 2.37. The maximum Gasteiger partial charge on any atom is 0.320 e. The fourth-order valence-corrected chi connectivity index (χ4v) is 2.53. The van der Waals surface area contributed by atoms with Crippen molar-refractivity contribution in [3.63, 3.8) is 0 Å². The van der Waals surface area contributed by atoms with Crippen LogP contribution in [0.3, 0.4) is 0 Å². The first-order chi connectivity index (χ1) is 12.2. The summed E-state index contributed by atoms with van der Waals surface area (Å²) in [7, 11) is 0. The number of aromatic hydroxyl groups is 2. The van der Waals surface area contributed by atoms with Crippen LogP contribution < -0.4 is 11.5 Å². The topological polar surface area (TPSA) is 167 Å². The van der Waals surface area contributed by atoms with E-state index in [-0.39, 0.29) is 47.9 Å². The maximum absolute atomic E-state index is 10.9. The van der Waals surface area contributed by atoms with E-state index in [2.05, 4.69) is 0 Å². The van der Waals surface area contributed by atoms with Gasteiger partial charge in [-0.2, -0.15) is 0 Å². The molecule has 0 aromatic heterocycles. The number of carboxylic acids is 2. The van der Waals surface area contributed by atoms with Gasteiger partial charge in [0.05, 0.1) is 0 Å². The van der Waals surface area contributed by atoms with Crippen molar-refractivity contribution < 1.29 is 30.0 Å². The molecule has 0 bridgehead atoms. The van der Waals surface area contributed by atoms with Gasteiger partial charge < -0.3 is 31.9 Å². The average molecular weight is 397 g/mol. The third-order valence-corrected chi connectivity index (χ3v) is 3.96. The van der Waals surface area contributed by atoms with Crippen LogP contribution in [0, 0.1) is 0 Å². The summed E-state index contributed by atoms with van der Waals surface area (Å²) in [5.41, 5.74) is 12.8. The van der Waals surface area contributed by atoms with Crippen molar-refractivity contribution in [1.82, 2.24) is 0 Å². The van der Waals surface area contributed by atoms with Crippen molar-refractivity contribution in [3.05, 3.63) is 47.5 Å². The first-order valence-corrected chi connectivity index (χ1v) is 7.80. The average Bonchev–Trinajstić information content (AvgIpc) is 2.58. The van der Waals surface area contributed by atoms with E-state index in [0.717, 1.165) is 0 Å². The lowest BCUT2D eigenvalue weighted by Crippen LogP contribution is -2.32. The zero-order valence-corrected chi connectivity index (χ0v) is 15.0. The number of hydrogen-bond donors (Lipinski definition) is 6. The number of aliphatic carboxylic acids is 2. The van der Waals surface area contributed by atoms with Gasteiger partial charge in [-0.1, -0.05) is 12.1 Å². The third-order valence-electron chi connectivity index (χ3n) is 3.96. The highest BCUT2D eigenvalue weighted by Gasteiger charge is 2.17. The summed E-state index contributed by atoms with van der Waals surface area (Å²) in [5, 5.41) is 38.1. The fourth-order valence-electron chi connectivity index (χ4n) is 2.53. The minimum atomic E-state index is -1.15. The standard InChI is InChI=1S/C18H20N2O6.ClH/c19-13(17(23)24)7-9-1-3-15(21)11(5-9)12-6-10(2-4-16(12)22)8-14(20)18(25)26;/h1-6,13-14,21-22H,7-8,19-20H2,(H,23,24)(H,25,26);1H. The second-order valence-corrected chi connectivity index (χ2v) is 6.00. The Morgan fingerprint density at radius 1 is 0.778 bits per heavy atom. The monoisotopic (exact) mass is 396 g/mol. The van der Waals surface area contributed by atoms with Gasteiger partial charge in [0.2, 0.25) is 0 Å². The quantitative estimate of drug-likeness (QED) is 0.404. The summed E-state index contributed by atoms with van der Waals surface area (Å²) in [6.45, 7) is 0. The van der Waals surface area contributed by atoms with Gasteiger partial charge >= 0.3 is 11.9 Å². The minimum Gasteiger partial charge on any atom is -0.507 e. The summed E-state index contributed by atoms with van der Waals surface area (Å²) in [4.78, 5) is 21.8. The van der Waals surface area contributed by atoms with E-state index in [9.17, 15) is 19.8 Å². The van der Waals surface area contributed by atoms with Crippen LogP contribution in [-0.4, -0.2) is 44.4 Å². The second kappa shape index (κ2) is 9.22. The molecule has 0 spiro atoms. The molecule has 146 valence electrons. The zero-order valence-electron chi connectivity index (χ0n) is 14.2. The molecule has 2 aromatic rings. The number of phenols is 2. The number of halogens is 1. The van der Waals surface area contributed by atoms with Gasteiger partial charge in [-0.15, -0.1) is 12.4 Å². The van der Waals surface area contributed by atoms with Crippen LogP contribution in [-0.2, 0) is 22.4 Å². The van der Waals surface area contributed by atoms with E-state index >= 15 is 0 Å². The Morgan fingerprint density at radius 3 is 1.41 bits per heavy atom. The molecule has 2 rings (SSSR count). The molecule has 0 amide bonds. The summed E-state index contributed by atoms with van der Waals surface area (Å²) >= 11 is 0. The molecule has 2 aromatic carbocycles. The van der Waals surface area contributed by atoms with Crippen LogP contribution >= 0.6 is 12.4 Å². The molecule has 8 nitrogen and oxygen atoms in total. The van der Waals surface area contributed by atoms with Gasteiger partial charge in [0.25, 0.3) is 0 Å². The van der Waals surface area contributed by atoms with Crippen LogP contribution in [0.5, 0.6) is 11.5 Å². The molecule has 8 N–H and O–H groups in total. The molecular formula is C18H21ClN2O6. The Kier molecular flexibility index (Phi) is 7.59. The Bertz CT molecular complexity index is 773. The fraction of sp³-hybridized carbons (Fsp3) is 0.222. The normalized spacial score (nSPS) is 12.7. The molecule has 0 saturated carbocycles. The number of carbonyl (C=O) groups is 2. The van der Waals surface area contributed by atoms with Crippen molar-refractivity contribution in [1.29, 1.82) is 0 Å². The minimum absolute atomic E-state index is 0.